The second kappa shape index (κ2) is 2.27. The lowest BCUT2D eigenvalue weighted by molar-refractivity contribution is 1.07. The SMILES string of the molecule is Cc1ncc2cccnc2n1. The van der Waals surface area contributed by atoms with Gasteiger partial charge in [0.25, 0.3) is 0 Å². The quantitative estimate of drug-likeness (QED) is 0.561. The van der Waals surface area contributed by atoms with Crippen LogP contribution in [0.3, 0.4) is 0 Å². The van der Waals surface area contributed by atoms with E-state index in [4.69, 9.17) is 0 Å². The van der Waals surface area contributed by atoms with Crippen molar-refractivity contribution in [3.05, 3.63) is 30.4 Å². The van der Waals surface area contributed by atoms with Gasteiger partial charge in [-0.15, -0.1) is 0 Å². The molecule has 0 aliphatic rings. The molecular formula is C8H7N3. The van der Waals surface area contributed by atoms with Gasteiger partial charge in [-0.3, -0.25) is 0 Å². The standard InChI is InChI=1S/C8H7N3/c1-6-10-5-7-3-2-4-9-8(7)11-6/h2-5H,1H3. The second-order valence-corrected chi connectivity index (χ2v) is 2.33. The third-order valence-electron chi connectivity index (χ3n) is 1.48. The van der Waals surface area contributed by atoms with Crippen LogP contribution in [0.5, 0.6) is 0 Å². The molecule has 0 aliphatic carbocycles. The van der Waals surface area contributed by atoms with Gasteiger partial charge in [-0.2, -0.15) is 0 Å². The van der Waals surface area contributed by atoms with Crippen molar-refractivity contribution in [2.45, 2.75) is 6.92 Å². The number of rotatable bonds is 0. The largest absolute Gasteiger partial charge is 0.241 e. The molecule has 0 aliphatic heterocycles. The van der Waals surface area contributed by atoms with E-state index in [0.717, 1.165) is 16.9 Å². The summed E-state index contributed by atoms with van der Waals surface area (Å²) in [6.45, 7) is 1.86. The first-order valence-corrected chi connectivity index (χ1v) is 3.40. The van der Waals surface area contributed by atoms with E-state index >= 15 is 0 Å². The summed E-state index contributed by atoms with van der Waals surface area (Å²) in [6, 6.07) is 3.82. The molecule has 0 spiro atoms. The van der Waals surface area contributed by atoms with E-state index in [9.17, 15) is 0 Å². The minimum atomic E-state index is 0.760. The normalized spacial score (nSPS) is 10.3. The molecule has 0 saturated carbocycles. The van der Waals surface area contributed by atoms with Gasteiger partial charge in [0.2, 0.25) is 0 Å². The number of pyridine rings is 1. The van der Waals surface area contributed by atoms with Gasteiger partial charge in [0.05, 0.1) is 0 Å². The highest BCUT2D eigenvalue weighted by molar-refractivity contribution is 5.72. The summed E-state index contributed by atoms with van der Waals surface area (Å²) < 4.78 is 0. The van der Waals surface area contributed by atoms with Gasteiger partial charge in [0, 0.05) is 17.8 Å². The maximum Gasteiger partial charge on any atom is 0.162 e. The average molecular weight is 145 g/mol. The van der Waals surface area contributed by atoms with Crippen molar-refractivity contribution < 1.29 is 0 Å². The van der Waals surface area contributed by atoms with Crippen molar-refractivity contribution in [1.29, 1.82) is 0 Å². The van der Waals surface area contributed by atoms with Gasteiger partial charge < -0.3 is 0 Å². The number of aryl methyl sites for hydroxylation is 1. The Labute approximate surface area is 64.1 Å². The molecular weight excluding hydrogens is 138 g/mol. The lowest BCUT2D eigenvalue weighted by atomic mass is 10.3. The highest BCUT2D eigenvalue weighted by Gasteiger charge is 1.93. The Morgan fingerprint density at radius 1 is 1.27 bits per heavy atom. The molecule has 3 heteroatoms. The molecule has 0 N–H and O–H groups in total. The first kappa shape index (κ1) is 6.22. The van der Waals surface area contributed by atoms with Crippen LogP contribution in [0.1, 0.15) is 5.82 Å². The molecule has 0 radical (unpaired) electrons. The first-order valence-electron chi connectivity index (χ1n) is 3.40. The molecule has 0 amide bonds. The van der Waals surface area contributed by atoms with Crippen molar-refractivity contribution in [3.8, 4) is 0 Å². The van der Waals surface area contributed by atoms with Crippen LogP contribution in [0.15, 0.2) is 24.5 Å². The Balaban J connectivity index is 2.83. The molecule has 0 saturated heterocycles. The summed E-state index contributed by atoms with van der Waals surface area (Å²) in [6.07, 6.45) is 3.51. The van der Waals surface area contributed by atoms with Crippen LogP contribution < -0.4 is 0 Å². The molecule has 0 aromatic carbocycles. The van der Waals surface area contributed by atoms with Crippen LogP contribution in [0.2, 0.25) is 0 Å². The Kier molecular flexibility index (Phi) is 1.28. The fourth-order valence-electron chi connectivity index (χ4n) is 0.949. The van der Waals surface area contributed by atoms with Crippen molar-refractivity contribution in [1.82, 2.24) is 15.0 Å². The molecule has 0 bridgehead atoms. The third-order valence-corrected chi connectivity index (χ3v) is 1.48. The van der Waals surface area contributed by atoms with Crippen LogP contribution in [-0.4, -0.2) is 15.0 Å². The van der Waals surface area contributed by atoms with Gasteiger partial charge in [-0.25, -0.2) is 15.0 Å². The van der Waals surface area contributed by atoms with Gasteiger partial charge in [0.15, 0.2) is 5.65 Å². The average Bonchev–Trinajstić information content (AvgIpc) is 2.04. The minimum Gasteiger partial charge on any atom is -0.241 e. The van der Waals surface area contributed by atoms with E-state index in [0.29, 0.717) is 0 Å². The summed E-state index contributed by atoms with van der Waals surface area (Å²) in [5.74, 6) is 0.760. The second-order valence-electron chi connectivity index (χ2n) is 2.33. The van der Waals surface area contributed by atoms with E-state index in [1.807, 2.05) is 19.1 Å². The van der Waals surface area contributed by atoms with Crippen LogP contribution in [0, 0.1) is 6.92 Å². The summed E-state index contributed by atoms with van der Waals surface area (Å²) in [5, 5.41) is 0.984. The lowest BCUT2D eigenvalue weighted by Crippen LogP contribution is -1.88. The highest BCUT2D eigenvalue weighted by Crippen LogP contribution is 2.04. The molecule has 54 valence electrons. The summed E-state index contributed by atoms with van der Waals surface area (Å²) in [7, 11) is 0. The molecule has 3 nitrogen and oxygen atoms in total. The highest BCUT2D eigenvalue weighted by atomic mass is 14.9. The number of aromatic nitrogens is 3. The molecule has 2 rings (SSSR count). The molecule has 0 unspecified atom stereocenters. The zero-order valence-corrected chi connectivity index (χ0v) is 6.15. The molecule has 2 aromatic rings. The van der Waals surface area contributed by atoms with E-state index < -0.39 is 0 Å². The predicted molar refractivity (Wildman–Crippen MR) is 42.1 cm³/mol. The molecule has 2 heterocycles. The summed E-state index contributed by atoms with van der Waals surface area (Å²) in [5.41, 5.74) is 0.764. The molecule has 11 heavy (non-hydrogen) atoms. The fraction of sp³-hybridized carbons (Fsp3) is 0.125. The first-order chi connectivity index (χ1) is 5.36. The Hall–Kier alpha value is -1.51. The topological polar surface area (TPSA) is 38.7 Å². The van der Waals surface area contributed by atoms with Crippen molar-refractivity contribution in [2.75, 3.05) is 0 Å². The van der Waals surface area contributed by atoms with Gasteiger partial charge in [-0.1, -0.05) is 0 Å². The Morgan fingerprint density at radius 3 is 3.09 bits per heavy atom. The van der Waals surface area contributed by atoms with E-state index in [1.165, 1.54) is 0 Å². The van der Waals surface area contributed by atoms with E-state index in [-0.39, 0.29) is 0 Å². The van der Waals surface area contributed by atoms with Crippen LogP contribution in [0.4, 0.5) is 0 Å². The maximum absolute atomic E-state index is 4.15. The van der Waals surface area contributed by atoms with Crippen LogP contribution in [-0.2, 0) is 0 Å². The van der Waals surface area contributed by atoms with Crippen LogP contribution >= 0.6 is 0 Å². The Morgan fingerprint density at radius 2 is 2.18 bits per heavy atom. The van der Waals surface area contributed by atoms with E-state index in [2.05, 4.69) is 15.0 Å². The van der Waals surface area contributed by atoms with Gasteiger partial charge >= 0.3 is 0 Å². The predicted octanol–water partition coefficient (Wildman–Crippen LogP) is 1.33. The summed E-state index contributed by atoms with van der Waals surface area (Å²) in [4.78, 5) is 12.3. The van der Waals surface area contributed by atoms with Crippen molar-refractivity contribution in [3.63, 3.8) is 0 Å². The van der Waals surface area contributed by atoms with Gasteiger partial charge in [-0.05, 0) is 19.1 Å². The summed E-state index contributed by atoms with van der Waals surface area (Å²) >= 11 is 0. The van der Waals surface area contributed by atoms with E-state index in [1.54, 1.807) is 12.4 Å². The maximum atomic E-state index is 4.15. The smallest absolute Gasteiger partial charge is 0.162 e. The van der Waals surface area contributed by atoms with Gasteiger partial charge in [0.1, 0.15) is 5.82 Å². The number of nitrogens with zero attached hydrogens (tertiary/aromatic N) is 3. The third kappa shape index (κ3) is 1.05. The number of fused-ring (bicyclic) bond motifs is 1. The monoisotopic (exact) mass is 145 g/mol. The van der Waals surface area contributed by atoms with Crippen LogP contribution in [0.25, 0.3) is 11.0 Å². The fourth-order valence-corrected chi connectivity index (χ4v) is 0.949. The lowest BCUT2D eigenvalue weighted by Gasteiger charge is -1.94. The number of hydrogen-bond donors (Lipinski definition) is 0. The Bertz CT molecular complexity index is 384. The minimum absolute atomic E-state index is 0.760. The molecule has 0 fully saturated rings. The van der Waals surface area contributed by atoms with Crippen molar-refractivity contribution >= 4 is 11.0 Å². The molecule has 0 atom stereocenters. The van der Waals surface area contributed by atoms with Crippen molar-refractivity contribution in [2.24, 2.45) is 0 Å². The zero-order valence-electron chi connectivity index (χ0n) is 6.15. The zero-order chi connectivity index (χ0) is 7.68. The number of hydrogen-bond acceptors (Lipinski definition) is 3. The molecule has 2 aromatic heterocycles.